The van der Waals surface area contributed by atoms with Crippen LogP contribution in [0.15, 0.2) is 42.5 Å². The molecule has 2 nitrogen and oxygen atoms in total. The fraction of sp³-hybridized carbons (Fsp3) is 0.143. The number of para-hydroxylation sites is 1. The number of halogens is 2. The average molecular weight is 250 g/mol. The lowest BCUT2D eigenvalue weighted by atomic mass is 10.1. The zero-order chi connectivity index (χ0) is 13.1. The van der Waals surface area contributed by atoms with Gasteiger partial charge in [-0.15, -0.1) is 0 Å². The van der Waals surface area contributed by atoms with Crippen molar-refractivity contribution in [3.8, 4) is 11.5 Å². The summed E-state index contributed by atoms with van der Waals surface area (Å²) in [6.45, 7) is 1.57. The summed E-state index contributed by atoms with van der Waals surface area (Å²) in [5, 5.41) is 9.56. The third kappa shape index (κ3) is 2.65. The molecule has 4 heteroatoms. The molecule has 0 amide bonds. The third-order valence-corrected chi connectivity index (χ3v) is 2.48. The first-order chi connectivity index (χ1) is 8.58. The van der Waals surface area contributed by atoms with Crippen LogP contribution in [-0.4, -0.2) is 5.11 Å². The number of aliphatic hydroxyl groups excluding tert-OH is 1. The SMILES string of the molecule is C[C@H](O)c1ccccc1Oc1cc(F)ccc1F. The van der Waals surface area contributed by atoms with Crippen molar-refractivity contribution in [1.82, 2.24) is 0 Å². The van der Waals surface area contributed by atoms with Gasteiger partial charge in [0.05, 0.1) is 6.10 Å². The average Bonchev–Trinajstić information content (AvgIpc) is 2.34. The van der Waals surface area contributed by atoms with Gasteiger partial charge in [-0.3, -0.25) is 0 Å². The van der Waals surface area contributed by atoms with E-state index in [1.165, 1.54) is 0 Å². The highest BCUT2D eigenvalue weighted by molar-refractivity contribution is 5.39. The molecule has 1 N–H and O–H groups in total. The van der Waals surface area contributed by atoms with E-state index in [9.17, 15) is 13.9 Å². The van der Waals surface area contributed by atoms with Crippen LogP contribution in [0.2, 0.25) is 0 Å². The van der Waals surface area contributed by atoms with Crippen molar-refractivity contribution in [2.24, 2.45) is 0 Å². The lowest BCUT2D eigenvalue weighted by Crippen LogP contribution is -1.97. The Labute approximate surface area is 103 Å². The minimum atomic E-state index is -0.752. The van der Waals surface area contributed by atoms with E-state index in [4.69, 9.17) is 4.74 Å². The Kier molecular flexibility index (Phi) is 3.58. The second-order valence-corrected chi connectivity index (χ2v) is 3.89. The molecule has 0 bridgehead atoms. The van der Waals surface area contributed by atoms with Crippen LogP contribution >= 0.6 is 0 Å². The molecule has 2 rings (SSSR count). The molecular formula is C14H12F2O2. The maximum absolute atomic E-state index is 13.4. The van der Waals surface area contributed by atoms with Crippen LogP contribution in [0, 0.1) is 11.6 Å². The van der Waals surface area contributed by atoms with Crippen LogP contribution in [0.4, 0.5) is 8.78 Å². The summed E-state index contributed by atoms with van der Waals surface area (Å²) < 4.78 is 31.8. The van der Waals surface area contributed by atoms with Crippen molar-refractivity contribution >= 4 is 0 Å². The van der Waals surface area contributed by atoms with E-state index >= 15 is 0 Å². The Bertz CT molecular complexity index is 553. The summed E-state index contributed by atoms with van der Waals surface area (Å²) in [6, 6.07) is 9.66. The topological polar surface area (TPSA) is 29.5 Å². The zero-order valence-corrected chi connectivity index (χ0v) is 9.73. The molecule has 0 radical (unpaired) electrons. The summed E-state index contributed by atoms with van der Waals surface area (Å²) in [7, 11) is 0. The van der Waals surface area contributed by atoms with Gasteiger partial charge in [0.1, 0.15) is 11.6 Å². The van der Waals surface area contributed by atoms with Crippen LogP contribution in [0.3, 0.4) is 0 Å². The molecule has 0 unspecified atom stereocenters. The van der Waals surface area contributed by atoms with Gasteiger partial charge >= 0.3 is 0 Å². The highest BCUT2D eigenvalue weighted by atomic mass is 19.1. The predicted octanol–water partition coefficient (Wildman–Crippen LogP) is 3.81. The molecule has 0 saturated carbocycles. The number of hydrogen-bond donors (Lipinski definition) is 1. The molecule has 0 fully saturated rings. The maximum atomic E-state index is 13.4. The number of aliphatic hydroxyl groups is 1. The van der Waals surface area contributed by atoms with Crippen molar-refractivity contribution in [1.29, 1.82) is 0 Å². The molecule has 18 heavy (non-hydrogen) atoms. The van der Waals surface area contributed by atoms with Crippen LogP contribution in [0.25, 0.3) is 0 Å². The maximum Gasteiger partial charge on any atom is 0.165 e. The first-order valence-corrected chi connectivity index (χ1v) is 5.48. The lowest BCUT2D eigenvalue weighted by Gasteiger charge is -2.13. The Morgan fingerprint density at radius 3 is 2.50 bits per heavy atom. The quantitative estimate of drug-likeness (QED) is 0.897. The molecule has 0 aliphatic rings. The second-order valence-electron chi connectivity index (χ2n) is 3.89. The summed E-state index contributed by atoms with van der Waals surface area (Å²) >= 11 is 0. The van der Waals surface area contributed by atoms with Gasteiger partial charge in [-0.1, -0.05) is 18.2 Å². The fourth-order valence-corrected chi connectivity index (χ4v) is 1.59. The molecule has 1 atom stereocenters. The standard InChI is InChI=1S/C14H12F2O2/c1-9(17)11-4-2-3-5-13(11)18-14-8-10(15)6-7-12(14)16/h2-9,17H,1H3/t9-/m0/s1. The number of hydrogen-bond acceptors (Lipinski definition) is 2. The number of rotatable bonds is 3. The molecule has 0 aliphatic heterocycles. The van der Waals surface area contributed by atoms with E-state index in [0.717, 1.165) is 18.2 Å². The van der Waals surface area contributed by atoms with E-state index in [-0.39, 0.29) is 5.75 Å². The van der Waals surface area contributed by atoms with E-state index < -0.39 is 17.7 Å². The van der Waals surface area contributed by atoms with Gasteiger partial charge in [-0.05, 0) is 25.1 Å². The molecule has 2 aromatic carbocycles. The van der Waals surface area contributed by atoms with Crippen LogP contribution in [-0.2, 0) is 0 Å². The lowest BCUT2D eigenvalue weighted by molar-refractivity contribution is 0.195. The summed E-state index contributed by atoms with van der Waals surface area (Å²) in [5.74, 6) is -1.14. The van der Waals surface area contributed by atoms with E-state index in [1.54, 1.807) is 31.2 Å². The van der Waals surface area contributed by atoms with Crippen molar-refractivity contribution in [2.75, 3.05) is 0 Å². The van der Waals surface area contributed by atoms with Crippen molar-refractivity contribution in [3.05, 3.63) is 59.7 Å². The van der Waals surface area contributed by atoms with Gasteiger partial charge in [0.15, 0.2) is 11.6 Å². The predicted molar refractivity (Wildman–Crippen MR) is 63.5 cm³/mol. The molecule has 0 heterocycles. The Morgan fingerprint density at radius 2 is 1.78 bits per heavy atom. The van der Waals surface area contributed by atoms with E-state index in [2.05, 4.69) is 0 Å². The first kappa shape index (κ1) is 12.5. The van der Waals surface area contributed by atoms with Gasteiger partial charge in [-0.25, -0.2) is 8.78 Å². The summed E-state index contributed by atoms with van der Waals surface area (Å²) in [5.41, 5.74) is 0.515. The number of ether oxygens (including phenoxy) is 1. The highest BCUT2D eigenvalue weighted by Gasteiger charge is 2.12. The molecule has 0 aromatic heterocycles. The first-order valence-electron chi connectivity index (χ1n) is 5.48. The van der Waals surface area contributed by atoms with Crippen LogP contribution in [0.5, 0.6) is 11.5 Å². The Morgan fingerprint density at radius 1 is 1.06 bits per heavy atom. The van der Waals surface area contributed by atoms with Crippen molar-refractivity contribution in [3.63, 3.8) is 0 Å². The van der Waals surface area contributed by atoms with Crippen LogP contribution in [0.1, 0.15) is 18.6 Å². The molecule has 0 aliphatic carbocycles. The third-order valence-electron chi connectivity index (χ3n) is 2.48. The monoisotopic (exact) mass is 250 g/mol. The molecule has 0 saturated heterocycles. The Balaban J connectivity index is 2.37. The molecular weight excluding hydrogens is 238 g/mol. The van der Waals surface area contributed by atoms with E-state index in [0.29, 0.717) is 11.3 Å². The molecule has 0 spiro atoms. The van der Waals surface area contributed by atoms with Crippen LogP contribution < -0.4 is 4.74 Å². The molecule has 2 aromatic rings. The van der Waals surface area contributed by atoms with Gasteiger partial charge in [0, 0.05) is 11.6 Å². The van der Waals surface area contributed by atoms with Gasteiger partial charge < -0.3 is 9.84 Å². The second kappa shape index (κ2) is 5.14. The minimum absolute atomic E-state index is 0.205. The largest absolute Gasteiger partial charge is 0.454 e. The summed E-state index contributed by atoms with van der Waals surface area (Å²) in [6.07, 6.45) is -0.752. The van der Waals surface area contributed by atoms with Gasteiger partial charge in [-0.2, -0.15) is 0 Å². The van der Waals surface area contributed by atoms with E-state index in [1.807, 2.05) is 0 Å². The van der Waals surface area contributed by atoms with Crippen molar-refractivity contribution < 1.29 is 18.6 Å². The van der Waals surface area contributed by atoms with Gasteiger partial charge in [0.25, 0.3) is 0 Å². The zero-order valence-electron chi connectivity index (χ0n) is 9.73. The molecule has 94 valence electrons. The minimum Gasteiger partial charge on any atom is -0.454 e. The fourth-order valence-electron chi connectivity index (χ4n) is 1.59. The smallest absolute Gasteiger partial charge is 0.165 e. The highest BCUT2D eigenvalue weighted by Crippen LogP contribution is 2.31. The Hall–Kier alpha value is -1.94. The van der Waals surface area contributed by atoms with Gasteiger partial charge in [0.2, 0.25) is 0 Å². The summed E-state index contributed by atoms with van der Waals surface area (Å²) in [4.78, 5) is 0. The van der Waals surface area contributed by atoms with Crippen molar-refractivity contribution in [2.45, 2.75) is 13.0 Å². The normalized spacial score (nSPS) is 12.2. The number of benzene rings is 2.